The molecule has 0 aromatic heterocycles. The van der Waals surface area contributed by atoms with Gasteiger partial charge in [-0.1, -0.05) is 19.1 Å². The molecule has 2 N–H and O–H groups in total. The van der Waals surface area contributed by atoms with Gasteiger partial charge in [0.05, 0.1) is 0 Å². The molecule has 0 spiro atoms. The Labute approximate surface area is 116 Å². The van der Waals surface area contributed by atoms with Gasteiger partial charge in [0, 0.05) is 18.3 Å². The Kier molecular flexibility index (Phi) is 6.14. The number of amides is 1. The second-order valence-electron chi connectivity index (χ2n) is 4.43. The first kappa shape index (κ1) is 15.8. The molecule has 19 heavy (non-hydrogen) atoms. The molecule has 5 nitrogen and oxygen atoms in total. The second kappa shape index (κ2) is 7.37. The Balaban J connectivity index is 2.96. The summed E-state index contributed by atoms with van der Waals surface area (Å²) in [6.45, 7) is 6.43. The summed E-state index contributed by atoms with van der Waals surface area (Å²) in [5, 5.41) is 0. The first-order chi connectivity index (χ1) is 8.99. The number of nitrogens with one attached hydrogen (secondary N) is 1. The van der Waals surface area contributed by atoms with E-state index >= 15 is 0 Å². The van der Waals surface area contributed by atoms with E-state index in [1.807, 2.05) is 39.0 Å². The zero-order valence-electron chi connectivity index (χ0n) is 11.4. The number of carbonyl (C=O) groups is 1. The lowest BCUT2D eigenvalue weighted by Gasteiger charge is -2.20. The van der Waals surface area contributed by atoms with Crippen molar-refractivity contribution in [2.24, 2.45) is 0 Å². The molecule has 6 heteroatoms. The van der Waals surface area contributed by atoms with Gasteiger partial charge < -0.3 is 4.90 Å². The second-order valence-corrected chi connectivity index (χ2v) is 5.17. The van der Waals surface area contributed by atoms with E-state index in [1.165, 1.54) is 0 Å². The average molecular weight is 284 g/mol. The van der Waals surface area contributed by atoms with E-state index < -0.39 is 11.3 Å². The van der Waals surface area contributed by atoms with E-state index in [1.54, 1.807) is 4.90 Å². The average Bonchev–Trinajstić information content (AvgIpc) is 2.35. The largest absolute Gasteiger partial charge is 0.315 e. The molecular weight excluding hydrogens is 264 g/mol. The van der Waals surface area contributed by atoms with E-state index in [2.05, 4.69) is 4.72 Å². The van der Waals surface area contributed by atoms with Crippen molar-refractivity contribution in [3.8, 4) is 0 Å². The van der Waals surface area contributed by atoms with Gasteiger partial charge in [0.15, 0.2) is 0 Å². The molecule has 2 atom stereocenters. The summed E-state index contributed by atoms with van der Waals surface area (Å²) >= 11 is -2.04. The molecule has 0 saturated carbocycles. The summed E-state index contributed by atoms with van der Waals surface area (Å²) in [6.07, 6.45) is 1.72. The lowest BCUT2D eigenvalue weighted by atomic mass is 10.0. The number of anilines is 1. The molecular formula is C13H20N2O3S. The topological polar surface area (TPSA) is 69.6 Å². The summed E-state index contributed by atoms with van der Waals surface area (Å²) in [5.41, 5.74) is 2.75. The lowest BCUT2D eigenvalue weighted by molar-refractivity contribution is -0.107. The third-order valence-corrected chi connectivity index (χ3v) is 3.45. The van der Waals surface area contributed by atoms with Crippen LogP contribution in [0.2, 0.25) is 0 Å². The van der Waals surface area contributed by atoms with E-state index in [-0.39, 0.29) is 6.04 Å². The molecule has 0 aliphatic carbocycles. The number of hydrogen-bond donors (Lipinski definition) is 2. The highest BCUT2D eigenvalue weighted by molar-refractivity contribution is 7.77. The molecule has 0 radical (unpaired) electrons. The van der Waals surface area contributed by atoms with E-state index in [0.29, 0.717) is 6.54 Å². The Morgan fingerprint density at radius 3 is 2.68 bits per heavy atom. The van der Waals surface area contributed by atoms with Crippen molar-refractivity contribution < 1.29 is 13.6 Å². The van der Waals surface area contributed by atoms with Crippen molar-refractivity contribution in [3.63, 3.8) is 0 Å². The van der Waals surface area contributed by atoms with Crippen LogP contribution in [0.1, 0.15) is 37.4 Å². The van der Waals surface area contributed by atoms with Gasteiger partial charge in [-0.05, 0) is 37.5 Å². The van der Waals surface area contributed by atoms with Crippen LogP contribution in [0.3, 0.4) is 0 Å². The molecule has 106 valence electrons. The molecule has 1 rings (SSSR count). The molecule has 0 fully saturated rings. The van der Waals surface area contributed by atoms with Crippen LogP contribution < -0.4 is 9.62 Å². The minimum atomic E-state index is -2.04. The normalized spacial score (nSPS) is 13.9. The van der Waals surface area contributed by atoms with Crippen LogP contribution in [0.15, 0.2) is 18.2 Å². The van der Waals surface area contributed by atoms with Crippen molar-refractivity contribution in [3.05, 3.63) is 29.3 Å². The fourth-order valence-corrected chi connectivity index (χ4v) is 2.40. The summed E-state index contributed by atoms with van der Waals surface area (Å²) in [7, 11) is 0. The van der Waals surface area contributed by atoms with Crippen molar-refractivity contribution in [2.45, 2.75) is 33.2 Å². The summed E-state index contributed by atoms with van der Waals surface area (Å²) < 4.78 is 22.0. The van der Waals surface area contributed by atoms with Crippen LogP contribution in [0.5, 0.6) is 0 Å². The van der Waals surface area contributed by atoms with Crippen LogP contribution in [0.25, 0.3) is 0 Å². The van der Waals surface area contributed by atoms with Crippen molar-refractivity contribution >= 4 is 23.4 Å². The molecule has 0 saturated heterocycles. The van der Waals surface area contributed by atoms with E-state index in [9.17, 15) is 9.00 Å². The SMILES string of the molecule is CCCN(C=O)c1ccc(C(C)NS(=O)O)cc1C. The van der Waals surface area contributed by atoms with Gasteiger partial charge in [-0.25, -0.2) is 8.93 Å². The number of benzene rings is 1. The standard InChI is InChI=1S/C13H20N2O3S/c1-4-7-15(9-16)13-6-5-12(8-10(13)2)11(3)14-19(17)18/h5-6,8-9,11,14H,4,7H2,1-3H3,(H,17,18). The Morgan fingerprint density at radius 2 is 2.21 bits per heavy atom. The zero-order valence-corrected chi connectivity index (χ0v) is 12.2. The van der Waals surface area contributed by atoms with Gasteiger partial charge in [-0.3, -0.25) is 9.35 Å². The lowest BCUT2D eigenvalue weighted by Crippen LogP contribution is -2.23. The van der Waals surface area contributed by atoms with Crippen molar-refractivity contribution in [1.29, 1.82) is 0 Å². The molecule has 1 amide bonds. The summed E-state index contributed by atoms with van der Waals surface area (Å²) in [6, 6.07) is 5.42. The predicted molar refractivity (Wildman–Crippen MR) is 77.2 cm³/mol. The number of nitrogens with zero attached hydrogens (tertiary/aromatic N) is 1. The quantitative estimate of drug-likeness (QED) is 0.595. The van der Waals surface area contributed by atoms with Crippen molar-refractivity contribution in [2.75, 3.05) is 11.4 Å². The Bertz CT molecular complexity index is 465. The molecule has 0 bridgehead atoms. The third kappa shape index (κ3) is 4.41. The third-order valence-electron chi connectivity index (χ3n) is 2.90. The van der Waals surface area contributed by atoms with Crippen LogP contribution in [-0.2, 0) is 16.1 Å². The van der Waals surface area contributed by atoms with Gasteiger partial charge in [0.25, 0.3) is 0 Å². The van der Waals surface area contributed by atoms with Gasteiger partial charge >= 0.3 is 0 Å². The fraction of sp³-hybridized carbons (Fsp3) is 0.462. The fourth-order valence-electron chi connectivity index (χ4n) is 1.96. The van der Waals surface area contributed by atoms with Crippen LogP contribution in [-0.4, -0.2) is 21.7 Å². The van der Waals surface area contributed by atoms with Crippen molar-refractivity contribution in [1.82, 2.24) is 4.72 Å². The molecule has 0 aliphatic rings. The van der Waals surface area contributed by atoms with Gasteiger partial charge in [-0.2, -0.15) is 0 Å². The van der Waals surface area contributed by atoms with Gasteiger partial charge in [0.2, 0.25) is 17.7 Å². The highest BCUT2D eigenvalue weighted by atomic mass is 32.2. The summed E-state index contributed by atoms with van der Waals surface area (Å²) in [5.74, 6) is 0. The molecule has 1 aromatic carbocycles. The molecule has 1 aromatic rings. The molecule has 0 heterocycles. The molecule has 0 aliphatic heterocycles. The number of rotatable bonds is 7. The van der Waals surface area contributed by atoms with Crippen LogP contribution >= 0.6 is 0 Å². The monoisotopic (exact) mass is 284 g/mol. The highest BCUT2D eigenvalue weighted by Crippen LogP contribution is 2.23. The number of hydrogen-bond acceptors (Lipinski definition) is 2. The Hall–Kier alpha value is -1.24. The maximum Gasteiger partial charge on any atom is 0.232 e. The first-order valence-electron chi connectivity index (χ1n) is 6.19. The first-order valence-corrected chi connectivity index (χ1v) is 7.29. The number of aryl methyl sites for hydroxylation is 1. The van der Waals surface area contributed by atoms with E-state index in [0.717, 1.165) is 29.6 Å². The minimum Gasteiger partial charge on any atom is -0.315 e. The van der Waals surface area contributed by atoms with Gasteiger partial charge in [0.1, 0.15) is 0 Å². The summed E-state index contributed by atoms with van der Waals surface area (Å²) in [4.78, 5) is 12.7. The zero-order chi connectivity index (χ0) is 14.4. The predicted octanol–water partition coefficient (Wildman–Crippen LogP) is 2.16. The number of carbonyl (C=O) groups excluding carboxylic acids is 1. The van der Waals surface area contributed by atoms with Crippen LogP contribution in [0.4, 0.5) is 5.69 Å². The van der Waals surface area contributed by atoms with E-state index in [4.69, 9.17) is 4.55 Å². The van der Waals surface area contributed by atoms with Crippen LogP contribution in [0, 0.1) is 6.92 Å². The smallest absolute Gasteiger partial charge is 0.232 e. The maximum atomic E-state index is 11.1. The molecule has 2 unspecified atom stereocenters. The maximum absolute atomic E-state index is 11.1. The van der Waals surface area contributed by atoms with Gasteiger partial charge in [-0.15, -0.1) is 0 Å². The minimum absolute atomic E-state index is 0.227. The Morgan fingerprint density at radius 1 is 1.53 bits per heavy atom. The highest BCUT2D eigenvalue weighted by Gasteiger charge is 2.12.